The van der Waals surface area contributed by atoms with E-state index in [2.05, 4.69) is 0 Å². The third-order valence-electron chi connectivity index (χ3n) is 1.61. The van der Waals surface area contributed by atoms with E-state index in [0.29, 0.717) is 0 Å². The Morgan fingerprint density at radius 1 is 1.64 bits per heavy atom. The molecule has 0 unspecified atom stereocenters. The molecule has 0 aromatic carbocycles. The number of amides is 1. The van der Waals surface area contributed by atoms with Gasteiger partial charge in [0.2, 0.25) is 0 Å². The van der Waals surface area contributed by atoms with Crippen LogP contribution in [0.3, 0.4) is 0 Å². The topological polar surface area (TPSA) is 44.1 Å². The van der Waals surface area contributed by atoms with Gasteiger partial charge in [0.1, 0.15) is 11.6 Å². The van der Waals surface area contributed by atoms with Crippen LogP contribution in [0, 0.1) is 11.3 Å². The molecule has 0 saturated heterocycles. The molecule has 0 bridgehead atoms. The Morgan fingerprint density at radius 2 is 2.36 bits per heavy atom. The quantitative estimate of drug-likeness (QED) is 0.546. The molecule has 0 fully saturated rings. The largest absolute Gasteiger partial charge is 0.344 e. The van der Waals surface area contributed by atoms with Gasteiger partial charge in [-0.05, 0) is 28.5 Å². The van der Waals surface area contributed by atoms with Gasteiger partial charge in [0.25, 0.3) is 5.91 Å². The van der Waals surface area contributed by atoms with E-state index in [1.54, 1.807) is 20.2 Å². The van der Waals surface area contributed by atoms with E-state index in [4.69, 9.17) is 5.26 Å². The van der Waals surface area contributed by atoms with Gasteiger partial charge >= 0.3 is 0 Å². The summed E-state index contributed by atoms with van der Waals surface area (Å²) in [5, 5.41) is 12.6. The van der Waals surface area contributed by atoms with Crippen molar-refractivity contribution >= 4 is 23.3 Å². The minimum Gasteiger partial charge on any atom is -0.344 e. The van der Waals surface area contributed by atoms with Crippen molar-refractivity contribution in [2.75, 3.05) is 14.1 Å². The molecule has 0 radical (unpaired) electrons. The second-order valence-corrected chi connectivity index (χ2v) is 3.71. The van der Waals surface area contributed by atoms with Crippen LogP contribution >= 0.6 is 11.3 Å². The number of thiophene rings is 1. The maximum Gasteiger partial charge on any atom is 0.264 e. The van der Waals surface area contributed by atoms with E-state index in [9.17, 15) is 4.79 Å². The smallest absolute Gasteiger partial charge is 0.264 e. The molecule has 72 valence electrons. The van der Waals surface area contributed by atoms with E-state index in [-0.39, 0.29) is 11.5 Å². The molecular formula is C10H10N2OS. The van der Waals surface area contributed by atoms with Gasteiger partial charge in [0, 0.05) is 14.1 Å². The molecule has 0 aliphatic carbocycles. The Balaban J connectivity index is 2.94. The molecule has 14 heavy (non-hydrogen) atoms. The lowest BCUT2D eigenvalue weighted by Crippen LogP contribution is -2.22. The van der Waals surface area contributed by atoms with Crippen LogP contribution in [0.1, 0.15) is 5.56 Å². The van der Waals surface area contributed by atoms with Gasteiger partial charge in [-0.2, -0.15) is 16.6 Å². The number of nitriles is 1. The Morgan fingerprint density at radius 3 is 2.79 bits per heavy atom. The van der Waals surface area contributed by atoms with Gasteiger partial charge in [-0.3, -0.25) is 4.79 Å². The maximum absolute atomic E-state index is 11.4. The van der Waals surface area contributed by atoms with E-state index >= 15 is 0 Å². The van der Waals surface area contributed by atoms with Crippen LogP contribution in [0.2, 0.25) is 0 Å². The van der Waals surface area contributed by atoms with Crippen molar-refractivity contribution in [1.82, 2.24) is 4.90 Å². The minimum atomic E-state index is -0.265. The van der Waals surface area contributed by atoms with Crippen molar-refractivity contribution < 1.29 is 4.79 Å². The van der Waals surface area contributed by atoms with E-state index in [1.165, 1.54) is 16.2 Å². The van der Waals surface area contributed by atoms with Crippen molar-refractivity contribution in [3.63, 3.8) is 0 Å². The van der Waals surface area contributed by atoms with Gasteiger partial charge < -0.3 is 4.90 Å². The maximum atomic E-state index is 11.4. The number of likely N-dealkylation sites (N-methyl/N-ethyl adjacent to an activating group) is 1. The molecule has 1 amide bonds. The van der Waals surface area contributed by atoms with Gasteiger partial charge in [-0.1, -0.05) is 0 Å². The summed E-state index contributed by atoms with van der Waals surface area (Å²) >= 11 is 1.53. The number of nitrogens with zero attached hydrogens (tertiary/aromatic N) is 2. The van der Waals surface area contributed by atoms with Gasteiger partial charge in [0.05, 0.1) is 0 Å². The molecule has 1 rings (SSSR count). The average molecular weight is 206 g/mol. The third kappa shape index (κ3) is 2.44. The lowest BCUT2D eigenvalue weighted by Gasteiger charge is -2.07. The number of rotatable bonds is 2. The zero-order chi connectivity index (χ0) is 10.6. The summed E-state index contributed by atoms with van der Waals surface area (Å²) in [5.41, 5.74) is 1.05. The molecule has 4 heteroatoms. The highest BCUT2D eigenvalue weighted by atomic mass is 32.1. The summed E-state index contributed by atoms with van der Waals surface area (Å²) in [6.45, 7) is 0. The Hall–Kier alpha value is -1.60. The molecule has 1 aromatic heterocycles. The SMILES string of the molecule is CN(C)C(=O)/C(C#N)=C\c1ccsc1. The minimum absolute atomic E-state index is 0.161. The molecule has 0 spiro atoms. The summed E-state index contributed by atoms with van der Waals surface area (Å²) in [5.74, 6) is -0.265. The molecule has 3 nitrogen and oxygen atoms in total. The Kier molecular flexibility index (Phi) is 3.43. The number of carbonyl (C=O) groups excluding carboxylic acids is 1. The standard InChI is InChI=1S/C10H10N2OS/c1-12(2)10(13)9(6-11)5-8-3-4-14-7-8/h3-5,7H,1-2H3/b9-5-. The van der Waals surface area contributed by atoms with Crippen LogP contribution in [-0.2, 0) is 4.79 Å². The molecule has 0 aliphatic heterocycles. The number of hydrogen-bond acceptors (Lipinski definition) is 3. The lowest BCUT2D eigenvalue weighted by molar-refractivity contribution is -0.124. The molecule has 1 aromatic rings. The lowest BCUT2D eigenvalue weighted by atomic mass is 10.2. The molecule has 0 saturated carbocycles. The van der Waals surface area contributed by atoms with Gasteiger partial charge in [0.15, 0.2) is 0 Å². The first-order valence-electron chi connectivity index (χ1n) is 4.01. The highest BCUT2D eigenvalue weighted by Crippen LogP contribution is 2.11. The summed E-state index contributed by atoms with van der Waals surface area (Å²) < 4.78 is 0. The van der Waals surface area contributed by atoms with Crippen molar-refractivity contribution in [2.24, 2.45) is 0 Å². The van der Waals surface area contributed by atoms with Crippen molar-refractivity contribution in [3.05, 3.63) is 28.0 Å². The van der Waals surface area contributed by atoms with Crippen molar-refractivity contribution in [2.45, 2.75) is 0 Å². The fourth-order valence-corrected chi connectivity index (χ4v) is 1.52. The normalized spacial score (nSPS) is 10.8. The zero-order valence-electron chi connectivity index (χ0n) is 8.02. The first-order chi connectivity index (χ1) is 6.65. The fraction of sp³-hybridized carbons (Fsp3) is 0.200. The van der Waals surface area contributed by atoms with Crippen LogP contribution in [0.25, 0.3) is 6.08 Å². The highest BCUT2D eigenvalue weighted by molar-refractivity contribution is 7.08. The van der Waals surface area contributed by atoms with E-state index < -0.39 is 0 Å². The van der Waals surface area contributed by atoms with Crippen molar-refractivity contribution in [1.29, 1.82) is 5.26 Å². The molecular weight excluding hydrogens is 196 g/mol. The first kappa shape index (κ1) is 10.5. The van der Waals surface area contributed by atoms with Crippen LogP contribution in [-0.4, -0.2) is 24.9 Å². The highest BCUT2D eigenvalue weighted by Gasteiger charge is 2.10. The summed E-state index contributed by atoms with van der Waals surface area (Å²) in [4.78, 5) is 12.8. The molecule has 0 N–H and O–H groups in total. The van der Waals surface area contributed by atoms with Crippen LogP contribution in [0.15, 0.2) is 22.4 Å². The third-order valence-corrected chi connectivity index (χ3v) is 2.31. The zero-order valence-corrected chi connectivity index (χ0v) is 8.84. The second kappa shape index (κ2) is 4.58. The first-order valence-corrected chi connectivity index (χ1v) is 4.95. The summed E-state index contributed by atoms with van der Waals surface area (Å²) in [6.07, 6.45) is 1.60. The average Bonchev–Trinajstić information content (AvgIpc) is 2.65. The van der Waals surface area contributed by atoms with E-state index in [0.717, 1.165) is 5.56 Å². The molecule has 0 atom stereocenters. The van der Waals surface area contributed by atoms with Crippen molar-refractivity contribution in [3.8, 4) is 6.07 Å². The summed E-state index contributed by atoms with van der Waals surface area (Å²) in [6, 6.07) is 3.76. The van der Waals surface area contributed by atoms with Crippen LogP contribution in [0.5, 0.6) is 0 Å². The number of hydrogen-bond donors (Lipinski definition) is 0. The molecule has 0 aliphatic rings. The van der Waals surface area contributed by atoms with E-state index in [1.807, 2.05) is 22.9 Å². The monoisotopic (exact) mass is 206 g/mol. The Labute approximate surface area is 86.9 Å². The second-order valence-electron chi connectivity index (χ2n) is 2.93. The fourth-order valence-electron chi connectivity index (χ4n) is 0.907. The van der Waals surface area contributed by atoms with Crippen LogP contribution in [0.4, 0.5) is 0 Å². The number of carbonyl (C=O) groups is 1. The Bertz CT molecular complexity index is 385. The molecule has 1 heterocycles. The predicted octanol–water partition coefficient (Wildman–Crippen LogP) is 1.74. The van der Waals surface area contributed by atoms with Gasteiger partial charge in [-0.25, -0.2) is 0 Å². The summed E-state index contributed by atoms with van der Waals surface area (Å²) in [7, 11) is 3.25. The predicted molar refractivity (Wildman–Crippen MR) is 56.6 cm³/mol. The van der Waals surface area contributed by atoms with Gasteiger partial charge in [-0.15, -0.1) is 0 Å². The van der Waals surface area contributed by atoms with Crippen LogP contribution < -0.4 is 0 Å².